The van der Waals surface area contributed by atoms with Crippen LogP contribution in [-0.2, 0) is 12.0 Å². The third-order valence-corrected chi connectivity index (χ3v) is 11.3. The number of hydrogen-bond acceptors (Lipinski definition) is 8. The molecule has 9 nitrogen and oxygen atoms in total. The van der Waals surface area contributed by atoms with Gasteiger partial charge in [0.1, 0.15) is 0 Å². The number of methoxy groups -OCH3 is 3. The number of likely N-dealkylation sites (tertiary alicyclic amines) is 2. The SMILES string of the molecule is COc1cc(C(=O)N2CCC(CCN3CCC(C(=O)c4nc5ccccc5n4Cc4ccsc4)CC3)(c3ccccc3)C2)cc(OC)c1OC. The van der Waals surface area contributed by atoms with E-state index in [1.165, 1.54) is 11.1 Å². The van der Waals surface area contributed by atoms with Crippen molar-refractivity contribution in [1.29, 1.82) is 0 Å². The largest absolute Gasteiger partial charge is 0.493 e. The number of hydrogen-bond donors (Lipinski definition) is 0. The minimum Gasteiger partial charge on any atom is -0.493 e. The normalized spacial score (nSPS) is 18.4. The number of fused-ring (bicyclic) bond motifs is 1. The van der Waals surface area contributed by atoms with E-state index in [1.54, 1.807) is 44.8 Å². The van der Waals surface area contributed by atoms with E-state index < -0.39 is 0 Å². The van der Waals surface area contributed by atoms with Gasteiger partial charge < -0.3 is 28.6 Å². The zero-order valence-corrected chi connectivity index (χ0v) is 29.8. The first-order valence-corrected chi connectivity index (χ1v) is 18.2. The molecule has 0 radical (unpaired) electrons. The predicted molar refractivity (Wildman–Crippen MR) is 196 cm³/mol. The Labute approximate surface area is 297 Å². The fourth-order valence-electron chi connectivity index (χ4n) is 7.77. The van der Waals surface area contributed by atoms with Gasteiger partial charge in [0.15, 0.2) is 17.3 Å². The molecular formula is C40H44N4O5S. The van der Waals surface area contributed by atoms with E-state index >= 15 is 0 Å². The van der Waals surface area contributed by atoms with Gasteiger partial charge in [0.05, 0.1) is 38.9 Å². The number of amides is 1. The lowest BCUT2D eigenvalue weighted by molar-refractivity contribution is 0.0777. The Balaban J connectivity index is 1.03. The first-order chi connectivity index (χ1) is 24.4. The summed E-state index contributed by atoms with van der Waals surface area (Å²) in [6.45, 7) is 4.55. The Morgan fingerprint density at radius 1 is 0.900 bits per heavy atom. The number of thiophene rings is 1. The topological polar surface area (TPSA) is 86.1 Å². The molecule has 1 amide bonds. The van der Waals surface area contributed by atoms with Gasteiger partial charge in [-0.3, -0.25) is 9.59 Å². The van der Waals surface area contributed by atoms with Crippen LogP contribution in [0.2, 0.25) is 0 Å². The van der Waals surface area contributed by atoms with Gasteiger partial charge in [-0.15, -0.1) is 0 Å². The molecule has 0 aliphatic carbocycles. The van der Waals surface area contributed by atoms with Gasteiger partial charge in [0, 0.05) is 30.0 Å². The molecule has 2 aliphatic heterocycles. The number of piperidine rings is 1. The number of nitrogens with zero attached hydrogens (tertiary/aromatic N) is 4. The lowest BCUT2D eigenvalue weighted by Crippen LogP contribution is -2.41. The van der Waals surface area contributed by atoms with Crippen LogP contribution in [0.5, 0.6) is 17.2 Å². The summed E-state index contributed by atoms with van der Waals surface area (Å²) in [5.74, 6) is 2.01. The van der Waals surface area contributed by atoms with Gasteiger partial charge >= 0.3 is 0 Å². The minimum absolute atomic E-state index is 0.0496. The molecule has 5 aromatic rings. The molecule has 3 aromatic carbocycles. The fourth-order valence-corrected chi connectivity index (χ4v) is 8.43. The second-order valence-electron chi connectivity index (χ2n) is 13.4. The van der Waals surface area contributed by atoms with Crippen molar-refractivity contribution in [1.82, 2.24) is 19.4 Å². The van der Waals surface area contributed by atoms with E-state index in [0.29, 0.717) is 48.3 Å². The van der Waals surface area contributed by atoms with Crippen molar-refractivity contribution in [2.24, 2.45) is 5.92 Å². The van der Waals surface area contributed by atoms with Crippen molar-refractivity contribution in [2.45, 2.75) is 37.6 Å². The van der Waals surface area contributed by atoms with E-state index in [0.717, 1.165) is 56.4 Å². The van der Waals surface area contributed by atoms with Gasteiger partial charge in [-0.25, -0.2) is 4.98 Å². The Bertz CT molecular complexity index is 1930. The Hall–Kier alpha value is -4.67. The van der Waals surface area contributed by atoms with Crippen LogP contribution >= 0.6 is 11.3 Å². The lowest BCUT2D eigenvalue weighted by Gasteiger charge is -2.36. The maximum Gasteiger partial charge on any atom is 0.254 e. The third kappa shape index (κ3) is 6.62. The molecule has 1 atom stereocenters. The number of Topliss-reactive ketones (excluding diaryl/α,β-unsaturated/α-hetero) is 1. The van der Waals surface area contributed by atoms with E-state index in [2.05, 4.69) is 56.6 Å². The van der Waals surface area contributed by atoms with Crippen molar-refractivity contribution >= 4 is 34.1 Å². The van der Waals surface area contributed by atoms with Gasteiger partial charge in [-0.2, -0.15) is 11.3 Å². The number of aromatic nitrogens is 2. The number of carbonyl (C=O) groups excluding carboxylic acids is 2. The Kier molecular flexibility index (Phi) is 9.92. The Morgan fingerprint density at radius 3 is 2.30 bits per heavy atom. The summed E-state index contributed by atoms with van der Waals surface area (Å²) >= 11 is 1.67. The van der Waals surface area contributed by atoms with Crippen LogP contribution < -0.4 is 14.2 Å². The number of para-hydroxylation sites is 2. The maximum atomic E-state index is 14.0. The summed E-state index contributed by atoms with van der Waals surface area (Å²) in [5.41, 5.74) is 4.65. The molecule has 0 spiro atoms. The van der Waals surface area contributed by atoms with Crippen molar-refractivity contribution in [3.63, 3.8) is 0 Å². The number of benzene rings is 3. The smallest absolute Gasteiger partial charge is 0.254 e. The highest BCUT2D eigenvalue weighted by molar-refractivity contribution is 7.07. The van der Waals surface area contributed by atoms with Crippen molar-refractivity contribution in [2.75, 3.05) is 54.1 Å². The first-order valence-electron chi connectivity index (χ1n) is 17.3. The van der Waals surface area contributed by atoms with E-state index in [4.69, 9.17) is 19.2 Å². The van der Waals surface area contributed by atoms with Gasteiger partial charge in [-0.1, -0.05) is 42.5 Å². The molecule has 10 heteroatoms. The molecule has 2 aliphatic rings. The summed E-state index contributed by atoms with van der Waals surface area (Å²) in [7, 11) is 4.68. The summed E-state index contributed by atoms with van der Waals surface area (Å²) in [4.78, 5) is 37.2. The molecule has 7 rings (SSSR count). The molecular weight excluding hydrogens is 649 g/mol. The standard InChI is InChI=1S/C40H44N4O5S/c1-47-34-23-30(24-35(48-2)37(34)49-3)39(46)43-21-17-40(27-43,31-9-5-4-6-10-31)16-20-42-18-13-29(14-19-42)36(45)38-41-32-11-7-8-12-33(32)44(38)25-28-15-22-50-26-28/h4-12,15,22-24,26,29H,13-14,16-21,25,27H2,1-3H3. The number of rotatable bonds is 12. The van der Waals surface area contributed by atoms with Crippen LogP contribution in [0.4, 0.5) is 0 Å². The summed E-state index contributed by atoms with van der Waals surface area (Å²) in [6, 6.07) is 24.2. The van der Waals surface area contributed by atoms with Gasteiger partial charge in [-0.05, 0) is 97.5 Å². The molecule has 50 heavy (non-hydrogen) atoms. The highest BCUT2D eigenvalue weighted by atomic mass is 32.1. The van der Waals surface area contributed by atoms with Crippen molar-refractivity contribution in [3.8, 4) is 17.2 Å². The molecule has 2 saturated heterocycles. The number of ether oxygens (including phenoxy) is 3. The van der Waals surface area contributed by atoms with E-state index in [9.17, 15) is 9.59 Å². The molecule has 260 valence electrons. The van der Waals surface area contributed by atoms with Crippen LogP contribution in [0.25, 0.3) is 11.0 Å². The monoisotopic (exact) mass is 692 g/mol. The van der Waals surface area contributed by atoms with Gasteiger partial charge in [0.25, 0.3) is 5.91 Å². The molecule has 0 saturated carbocycles. The second-order valence-corrected chi connectivity index (χ2v) is 14.2. The van der Waals surface area contributed by atoms with Crippen molar-refractivity contribution < 1.29 is 23.8 Å². The average molecular weight is 693 g/mol. The second kappa shape index (κ2) is 14.7. The van der Waals surface area contributed by atoms with Crippen LogP contribution in [0.15, 0.2) is 83.6 Å². The molecule has 2 fully saturated rings. The molecule has 1 unspecified atom stereocenters. The molecule has 4 heterocycles. The van der Waals surface area contributed by atoms with Crippen LogP contribution in [-0.4, -0.2) is 85.1 Å². The highest BCUT2D eigenvalue weighted by Crippen LogP contribution is 2.41. The zero-order chi connectivity index (χ0) is 34.7. The van der Waals surface area contributed by atoms with Crippen molar-refractivity contribution in [3.05, 3.63) is 106 Å². The zero-order valence-electron chi connectivity index (χ0n) is 29.0. The highest BCUT2D eigenvalue weighted by Gasteiger charge is 2.42. The lowest BCUT2D eigenvalue weighted by atomic mass is 9.76. The first kappa shape index (κ1) is 33.8. The van der Waals surface area contributed by atoms with E-state index in [1.807, 2.05) is 29.2 Å². The summed E-state index contributed by atoms with van der Waals surface area (Å²) in [5, 5.41) is 4.21. The maximum absolute atomic E-state index is 14.0. The fraction of sp³-hybridized carbons (Fsp3) is 0.375. The summed E-state index contributed by atoms with van der Waals surface area (Å²) < 4.78 is 18.6. The average Bonchev–Trinajstić information content (AvgIpc) is 3.94. The molecule has 2 aromatic heterocycles. The quantitative estimate of drug-likeness (QED) is 0.131. The van der Waals surface area contributed by atoms with Crippen LogP contribution in [0.1, 0.15) is 57.8 Å². The molecule has 0 bridgehead atoms. The number of carbonyl (C=O) groups is 2. The minimum atomic E-state index is -0.170. The number of imidazole rings is 1. The number of ketones is 1. The predicted octanol–water partition coefficient (Wildman–Crippen LogP) is 6.94. The molecule has 0 N–H and O–H groups in total. The third-order valence-electron chi connectivity index (χ3n) is 10.6. The van der Waals surface area contributed by atoms with E-state index in [-0.39, 0.29) is 23.0 Å². The summed E-state index contributed by atoms with van der Waals surface area (Å²) in [6.07, 6.45) is 3.42. The Morgan fingerprint density at radius 2 is 1.62 bits per heavy atom. The van der Waals surface area contributed by atoms with Gasteiger partial charge in [0.2, 0.25) is 11.5 Å². The van der Waals surface area contributed by atoms with Crippen LogP contribution in [0.3, 0.4) is 0 Å². The van der Waals surface area contributed by atoms with Crippen LogP contribution in [0, 0.1) is 5.92 Å².